The number of benzene rings is 1. The Bertz CT molecular complexity index is 449. The lowest BCUT2D eigenvalue weighted by molar-refractivity contribution is 0.156. The summed E-state index contributed by atoms with van der Waals surface area (Å²) < 4.78 is 5.13. The molecule has 0 aromatic heterocycles. The molecule has 0 spiro atoms. The summed E-state index contributed by atoms with van der Waals surface area (Å²) in [5.74, 6) is 0. The van der Waals surface area contributed by atoms with Crippen LogP contribution in [-0.2, 0) is 11.3 Å². The van der Waals surface area contributed by atoms with Crippen LogP contribution in [0.5, 0.6) is 0 Å². The van der Waals surface area contributed by atoms with Crippen LogP contribution in [0.2, 0.25) is 0 Å². The fourth-order valence-corrected chi connectivity index (χ4v) is 1.74. The highest BCUT2D eigenvalue weighted by molar-refractivity contribution is 5.67. The average Bonchev–Trinajstić information content (AvgIpc) is 2.45. The van der Waals surface area contributed by atoms with Crippen molar-refractivity contribution in [2.45, 2.75) is 19.4 Å². The molecule has 3 heteroatoms. The Labute approximate surface area is 107 Å². The van der Waals surface area contributed by atoms with Gasteiger partial charge in [0.1, 0.15) is 6.61 Å². The Hall–Kier alpha value is -2.03. The lowest BCUT2D eigenvalue weighted by Crippen LogP contribution is -2.24. The molecule has 0 radical (unpaired) electrons. The van der Waals surface area contributed by atoms with E-state index in [9.17, 15) is 4.79 Å². The van der Waals surface area contributed by atoms with Gasteiger partial charge in [0.2, 0.25) is 0 Å². The number of hydrogen-bond acceptors (Lipinski definition) is 2. The summed E-state index contributed by atoms with van der Waals surface area (Å²) in [5, 5.41) is 2.73. The van der Waals surface area contributed by atoms with Gasteiger partial charge in [0.05, 0.1) is 0 Å². The van der Waals surface area contributed by atoms with Crippen molar-refractivity contribution >= 4 is 6.09 Å². The van der Waals surface area contributed by atoms with Gasteiger partial charge in [-0.15, -0.1) is 0 Å². The molecule has 0 bridgehead atoms. The highest BCUT2D eigenvalue weighted by atomic mass is 16.5. The van der Waals surface area contributed by atoms with E-state index >= 15 is 0 Å². The van der Waals surface area contributed by atoms with Crippen molar-refractivity contribution in [3.8, 4) is 0 Å². The van der Waals surface area contributed by atoms with E-state index < -0.39 is 0 Å². The molecule has 0 fully saturated rings. The maximum Gasteiger partial charge on any atom is 0.407 e. The first-order chi connectivity index (χ1) is 8.84. The molecule has 18 heavy (non-hydrogen) atoms. The van der Waals surface area contributed by atoms with Gasteiger partial charge in [-0.3, -0.25) is 0 Å². The highest BCUT2D eigenvalue weighted by Gasteiger charge is 2.04. The molecule has 0 aliphatic heterocycles. The molecular weight excluding hydrogens is 226 g/mol. The summed E-state index contributed by atoms with van der Waals surface area (Å²) >= 11 is 0. The number of amides is 1. The van der Waals surface area contributed by atoms with Gasteiger partial charge in [-0.1, -0.05) is 48.6 Å². The first-order valence-electron chi connectivity index (χ1n) is 6.15. The van der Waals surface area contributed by atoms with E-state index in [2.05, 4.69) is 17.5 Å². The molecule has 1 amide bonds. The van der Waals surface area contributed by atoms with Crippen molar-refractivity contribution < 1.29 is 9.53 Å². The van der Waals surface area contributed by atoms with E-state index in [1.807, 2.05) is 36.4 Å². The van der Waals surface area contributed by atoms with Crippen LogP contribution in [0.4, 0.5) is 4.79 Å². The largest absolute Gasteiger partial charge is 0.445 e. The molecule has 0 saturated heterocycles. The number of allylic oxidation sites excluding steroid dienone is 2. The van der Waals surface area contributed by atoms with Crippen LogP contribution < -0.4 is 5.32 Å². The van der Waals surface area contributed by atoms with Gasteiger partial charge in [-0.2, -0.15) is 0 Å². The Kier molecular flexibility index (Phi) is 4.59. The monoisotopic (exact) mass is 243 g/mol. The molecule has 1 N–H and O–H groups in total. The first-order valence-corrected chi connectivity index (χ1v) is 6.15. The van der Waals surface area contributed by atoms with Gasteiger partial charge in [0.25, 0.3) is 0 Å². The van der Waals surface area contributed by atoms with Gasteiger partial charge in [0, 0.05) is 6.54 Å². The van der Waals surface area contributed by atoms with Gasteiger partial charge < -0.3 is 10.1 Å². The molecule has 3 nitrogen and oxygen atoms in total. The molecule has 0 unspecified atom stereocenters. The van der Waals surface area contributed by atoms with Crippen LogP contribution in [0.15, 0.2) is 54.1 Å². The molecule has 2 rings (SSSR count). The first kappa shape index (κ1) is 12.4. The van der Waals surface area contributed by atoms with Crippen LogP contribution in [0.3, 0.4) is 0 Å². The van der Waals surface area contributed by atoms with E-state index in [0.29, 0.717) is 13.2 Å². The molecule has 0 saturated carbocycles. The quantitative estimate of drug-likeness (QED) is 0.882. The lowest BCUT2D eigenvalue weighted by atomic mass is 10.1. The smallest absolute Gasteiger partial charge is 0.407 e. The van der Waals surface area contributed by atoms with Crippen LogP contribution in [0.1, 0.15) is 18.4 Å². The molecule has 1 aliphatic rings. The number of ether oxygens (including phenoxy) is 1. The number of nitrogens with one attached hydrogen (secondary N) is 1. The Morgan fingerprint density at radius 1 is 1.22 bits per heavy atom. The zero-order chi connectivity index (χ0) is 12.6. The number of alkyl carbamates (subject to hydrolysis) is 1. The number of rotatable bonds is 4. The number of hydrogen-bond donors (Lipinski definition) is 1. The molecule has 1 aliphatic carbocycles. The fraction of sp³-hybridized carbons (Fsp3) is 0.267. The molecular formula is C15H17NO2. The van der Waals surface area contributed by atoms with E-state index in [-0.39, 0.29) is 6.09 Å². The fourth-order valence-electron chi connectivity index (χ4n) is 1.74. The van der Waals surface area contributed by atoms with E-state index in [4.69, 9.17) is 4.74 Å². The van der Waals surface area contributed by atoms with E-state index in [1.165, 1.54) is 0 Å². The maximum absolute atomic E-state index is 11.5. The van der Waals surface area contributed by atoms with Gasteiger partial charge in [0.15, 0.2) is 0 Å². The predicted octanol–water partition coefficient (Wildman–Crippen LogP) is 3.19. The summed E-state index contributed by atoms with van der Waals surface area (Å²) in [7, 11) is 0. The molecule has 0 heterocycles. The van der Waals surface area contributed by atoms with Gasteiger partial charge in [-0.05, 0) is 24.0 Å². The van der Waals surface area contributed by atoms with Crippen LogP contribution in [-0.4, -0.2) is 12.7 Å². The molecule has 1 aromatic carbocycles. The second-order valence-electron chi connectivity index (χ2n) is 4.17. The number of carbonyl (C=O) groups is 1. The normalized spacial score (nSPS) is 13.9. The van der Waals surface area contributed by atoms with Crippen molar-refractivity contribution in [1.82, 2.24) is 5.32 Å². The van der Waals surface area contributed by atoms with Gasteiger partial charge in [-0.25, -0.2) is 4.79 Å². The van der Waals surface area contributed by atoms with Crippen LogP contribution >= 0.6 is 0 Å². The maximum atomic E-state index is 11.5. The van der Waals surface area contributed by atoms with E-state index in [1.54, 1.807) is 0 Å². The number of carbonyl (C=O) groups excluding carboxylic acids is 1. The zero-order valence-corrected chi connectivity index (χ0v) is 10.3. The van der Waals surface area contributed by atoms with Crippen LogP contribution in [0.25, 0.3) is 0 Å². The molecule has 94 valence electrons. The van der Waals surface area contributed by atoms with Crippen molar-refractivity contribution in [3.63, 3.8) is 0 Å². The van der Waals surface area contributed by atoms with E-state index in [0.717, 1.165) is 24.0 Å². The third kappa shape index (κ3) is 4.09. The van der Waals surface area contributed by atoms with Crippen molar-refractivity contribution in [2.24, 2.45) is 0 Å². The second kappa shape index (κ2) is 6.64. The van der Waals surface area contributed by atoms with Gasteiger partial charge >= 0.3 is 6.09 Å². The van der Waals surface area contributed by atoms with Crippen LogP contribution in [0, 0.1) is 0 Å². The average molecular weight is 243 g/mol. The summed E-state index contributed by atoms with van der Waals surface area (Å²) in [6, 6.07) is 9.77. The minimum absolute atomic E-state index is 0.344. The van der Waals surface area contributed by atoms with Crippen molar-refractivity contribution in [2.75, 3.05) is 6.61 Å². The third-order valence-corrected chi connectivity index (χ3v) is 2.72. The predicted molar refractivity (Wildman–Crippen MR) is 71.1 cm³/mol. The molecule has 0 atom stereocenters. The minimum Gasteiger partial charge on any atom is -0.445 e. The second-order valence-corrected chi connectivity index (χ2v) is 4.17. The zero-order valence-electron chi connectivity index (χ0n) is 10.3. The highest BCUT2D eigenvalue weighted by Crippen LogP contribution is 2.09. The summed E-state index contributed by atoms with van der Waals surface area (Å²) in [4.78, 5) is 11.5. The molecule has 1 aromatic rings. The SMILES string of the molecule is O=C(NCc1ccccc1)OCC1=CCCC=C1. The summed E-state index contributed by atoms with van der Waals surface area (Å²) in [6.07, 6.45) is 7.93. The minimum atomic E-state index is -0.376. The van der Waals surface area contributed by atoms with Crippen molar-refractivity contribution in [1.29, 1.82) is 0 Å². The van der Waals surface area contributed by atoms with Crippen molar-refractivity contribution in [3.05, 3.63) is 59.7 Å². The summed E-state index contributed by atoms with van der Waals surface area (Å²) in [5.41, 5.74) is 2.13. The standard InChI is InChI=1S/C15H17NO2/c17-15(16-11-13-7-3-1-4-8-13)18-12-14-9-5-2-6-10-14/h1,3-5,7-10H,2,6,11-12H2,(H,16,17). The lowest BCUT2D eigenvalue weighted by Gasteiger charge is -2.09. The Balaban J connectivity index is 1.69. The Morgan fingerprint density at radius 2 is 2.06 bits per heavy atom. The topological polar surface area (TPSA) is 38.3 Å². The summed E-state index contributed by atoms with van der Waals surface area (Å²) in [6.45, 7) is 0.839. The third-order valence-electron chi connectivity index (χ3n) is 2.72. The Morgan fingerprint density at radius 3 is 2.78 bits per heavy atom.